The first-order valence-electron chi connectivity index (χ1n) is 12.4. The van der Waals surface area contributed by atoms with E-state index in [0.717, 1.165) is 24.3 Å². The van der Waals surface area contributed by atoms with Crippen molar-refractivity contribution in [3.05, 3.63) is 60.7 Å². The van der Waals surface area contributed by atoms with Crippen LogP contribution in [0.4, 0.5) is 0 Å². The first-order chi connectivity index (χ1) is 19.9. The van der Waals surface area contributed by atoms with Crippen LogP contribution in [-0.4, -0.2) is 64.8 Å². The van der Waals surface area contributed by atoms with Gasteiger partial charge < -0.3 is 26.8 Å². The van der Waals surface area contributed by atoms with Crippen molar-refractivity contribution in [3.63, 3.8) is 0 Å². The zero-order valence-electron chi connectivity index (χ0n) is 24.4. The molecule has 43 heavy (non-hydrogen) atoms. The third-order valence-corrected chi connectivity index (χ3v) is 6.98. The van der Waals surface area contributed by atoms with Crippen molar-refractivity contribution in [1.82, 2.24) is 0 Å². The van der Waals surface area contributed by atoms with Gasteiger partial charge in [0.05, 0.1) is 45.2 Å². The number of ether oxygens (including phenoxy) is 3. The Morgan fingerprint density at radius 3 is 1.77 bits per heavy atom. The molecule has 0 radical (unpaired) electrons. The average molecular weight is 657 g/mol. The summed E-state index contributed by atoms with van der Waals surface area (Å²) in [6.45, 7) is 5.85. The van der Waals surface area contributed by atoms with Crippen LogP contribution in [0.2, 0.25) is 0 Å². The summed E-state index contributed by atoms with van der Waals surface area (Å²) in [5.74, 6) is -0.0986. The molecule has 0 spiro atoms. The van der Waals surface area contributed by atoms with E-state index in [-0.39, 0.29) is 52.2 Å². The van der Waals surface area contributed by atoms with Gasteiger partial charge in [-0.25, -0.2) is 0 Å². The molecule has 3 aromatic rings. The lowest BCUT2D eigenvalue weighted by Gasteiger charge is -2.21. The van der Waals surface area contributed by atoms with Crippen LogP contribution in [0.3, 0.4) is 0 Å². The highest BCUT2D eigenvalue weighted by atomic mass is 32.2. The lowest BCUT2D eigenvalue weighted by molar-refractivity contribution is 0.311. The molecule has 3 aromatic carbocycles. The Balaban J connectivity index is 2.29. The van der Waals surface area contributed by atoms with Gasteiger partial charge in [-0.3, -0.25) is 0 Å². The van der Waals surface area contributed by atoms with E-state index < -0.39 is 30.4 Å². The molecule has 0 amide bonds. The minimum Gasteiger partial charge on any atom is -0.496 e. The Kier molecular flexibility index (Phi) is 10.3. The summed E-state index contributed by atoms with van der Waals surface area (Å²) >= 11 is 0. The highest BCUT2D eigenvalue weighted by Crippen LogP contribution is 2.51. The van der Waals surface area contributed by atoms with E-state index >= 15 is 0 Å². The summed E-state index contributed by atoms with van der Waals surface area (Å²) in [7, 11) is -9.24. The van der Waals surface area contributed by atoms with Crippen molar-refractivity contribution in [2.75, 3.05) is 39.6 Å². The molecule has 0 aromatic heterocycles. The summed E-state index contributed by atoms with van der Waals surface area (Å²) in [5.41, 5.74) is 2.03. The first kappa shape index (κ1) is 33.6. The Morgan fingerprint density at radius 2 is 1.26 bits per heavy atom. The number of rotatable bonds is 14. The standard InChI is InChI=1S/C28H32O12S3/c1-18(2)14-15-37-23-13-10-20(16-24(23)39-42(6,31)32)26-25(35-3)17-22(27(36-4)28(26)40-43(7,33)34)19-8-11-21(12-9-19)38-41(5,29)30/h8-13,16-17H,1,14-15H2,2-7H3. The van der Waals surface area contributed by atoms with Gasteiger partial charge in [0.2, 0.25) is 0 Å². The molecule has 0 saturated carbocycles. The Labute approximate surface area is 252 Å². The van der Waals surface area contributed by atoms with Gasteiger partial charge in [-0.2, -0.15) is 25.3 Å². The molecule has 3 rings (SSSR count). The monoisotopic (exact) mass is 656 g/mol. The van der Waals surface area contributed by atoms with Crippen LogP contribution in [0.1, 0.15) is 13.3 Å². The summed E-state index contributed by atoms with van der Waals surface area (Å²) < 4.78 is 105. The van der Waals surface area contributed by atoms with Crippen LogP contribution < -0.4 is 26.8 Å². The van der Waals surface area contributed by atoms with Gasteiger partial charge in [-0.1, -0.05) is 23.8 Å². The van der Waals surface area contributed by atoms with Crippen LogP contribution in [0.5, 0.6) is 34.5 Å². The van der Waals surface area contributed by atoms with Gasteiger partial charge in [-0.15, -0.1) is 6.58 Å². The molecular weight excluding hydrogens is 624 g/mol. The molecule has 0 saturated heterocycles. The van der Waals surface area contributed by atoms with E-state index in [9.17, 15) is 25.3 Å². The van der Waals surface area contributed by atoms with Crippen molar-refractivity contribution in [3.8, 4) is 56.8 Å². The van der Waals surface area contributed by atoms with Crippen LogP contribution in [0, 0.1) is 0 Å². The molecule has 0 aliphatic carbocycles. The van der Waals surface area contributed by atoms with Gasteiger partial charge in [-0.05, 0) is 48.4 Å². The van der Waals surface area contributed by atoms with Gasteiger partial charge in [0.1, 0.15) is 11.5 Å². The molecule has 15 heteroatoms. The van der Waals surface area contributed by atoms with E-state index in [4.69, 9.17) is 26.8 Å². The fraction of sp³-hybridized carbons (Fsp3) is 0.286. The summed E-state index contributed by atoms with van der Waals surface area (Å²) in [4.78, 5) is 0. The molecule has 0 heterocycles. The minimum absolute atomic E-state index is 0.00891. The Bertz CT molecular complexity index is 1830. The zero-order valence-corrected chi connectivity index (χ0v) is 26.8. The predicted octanol–water partition coefficient (Wildman–Crippen LogP) is 4.40. The molecule has 12 nitrogen and oxygen atoms in total. The van der Waals surface area contributed by atoms with E-state index in [1.165, 1.54) is 50.6 Å². The SMILES string of the molecule is C=C(C)CCOc1ccc(-c2c(OC)cc(-c3ccc(OS(C)(=O)=O)cc3)c(OC)c2OS(C)(=O)=O)cc1OS(C)(=O)=O. The molecule has 0 aliphatic rings. The second-order valence-electron chi connectivity index (χ2n) is 9.47. The highest BCUT2D eigenvalue weighted by molar-refractivity contribution is 7.86. The number of hydrogen-bond donors (Lipinski definition) is 0. The lowest BCUT2D eigenvalue weighted by atomic mass is 9.96. The largest absolute Gasteiger partial charge is 0.496 e. The fourth-order valence-corrected chi connectivity index (χ4v) is 5.29. The second kappa shape index (κ2) is 13.1. The molecule has 0 N–H and O–H groups in total. The van der Waals surface area contributed by atoms with Crippen LogP contribution in [0.25, 0.3) is 22.3 Å². The van der Waals surface area contributed by atoms with E-state index in [1.54, 1.807) is 12.1 Å². The summed E-state index contributed by atoms with van der Waals surface area (Å²) in [6.07, 6.45) is 3.15. The maximum atomic E-state index is 12.4. The highest BCUT2D eigenvalue weighted by Gasteiger charge is 2.27. The number of methoxy groups -OCH3 is 2. The van der Waals surface area contributed by atoms with Crippen LogP contribution in [0.15, 0.2) is 60.7 Å². The molecule has 0 aliphatic heterocycles. The van der Waals surface area contributed by atoms with E-state index in [1.807, 2.05) is 6.92 Å². The molecule has 0 unspecified atom stereocenters. The summed E-state index contributed by atoms with van der Waals surface area (Å²) in [5, 5.41) is 0. The third-order valence-electron chi connectivity index (χ3n) is 5.53. The molecule has 0 atom stereocenters. The average Bonchev–Trinajstić information content (AvgIpc) is 2.86. The van der Waals surface area contributed by atoms with Crippen molar-refractivity contribution >= 4 is 30.4 Å². The van der Waals surface area contributed by atoms with Crippen molar-refractivity contribution in [2.24, 2.45) is 0 Å². The zero-order chi connectivity index (χ0) is 32.2. The van der Waals surface area contributed by atoms with Gasteiger partial charge in [0.25, 0.3) is 0 Å². The first-order valence-corrected chi connectivity index (χ1v) is 17.8. The molecule has 234 valence electrons. The van der Waals surface area contributed by atoms with Crippen molar-refractivity contribution < 1.29 is 52.0 Å². The molecular formula is C28H32O12S3. The van der Waals surface area contributed by atoms with Gasteiger partial charge in [0.15, 0.2) is 23.0 Å². The van der Waals surface area contributed by atoms with Crippen molar-refractivity contribution in [1.29, 1.82) is 0 Å². The molecule has 0 fully saturated rings. The maximum Gasteiger partial charge on any atom is 0.306 e. The Morgan fingerprint density at radius 1 is 0.674 bits per heavy atom. The Hall–Kier alpha value is -3.95. The molecule has 0 bridgehead atoms. The lowest BCUT2D eigenvalue weighted by Crippen LogP contribution is -2.10. The smallest absolute Gasteiger partial charge is 0.306 e. The predicted molar refractivity (Wildman–Crippen MR) is 162 cm³/mol. The van der Waals surface area contributed by atoms with Crippen molar-refractivity contribution in [2.45, 2.75) is 13.3 Å². The fourth-order valence-electron chi connectivity index (χ4n) is 3.91. The van der Waals surface area contributed by atoms with Crippen LogP contribution in [-0.2, 0) is 30.4 Å². The topological polar surface area (TPSA) is 158 Å². The van der Waals surface area contributed by atoms with Gasteiger partial charge in [0, 0.05) is 12.0 Å². The van der Waals surface area contributed by atoms with E-state index in [0.29, 0.717) is 17.5 Å². The second-order valence-corrected chi connectivity index (χ2v) is 14.2. The number of hydrogen-bond acceptors (Lipinski definition) is 12. The third kappa shape index (κ3) is 9.53. The number of benzene rings is 3. The maximum absolute atomic E-state index is 12.4. The van der Waals surface area contributed by atoms with Gasteiger partial charge >= 0.3 is 30.4 Å². The minimum atomic E-state index is -4.14. The summed E-state index contributed by atoms with van der Waals surface area (Å²) in [6, 6.07) is 11.8. The normalized spacial score (nSPS) is 11.9. The quantitative estimate of drug-likeness (QED) is 0.178. The van der Waals surface area contributed by atoms with E-state index in [2.05, 4.69) is 6.58 Å². The van der Waals surface area contributed by atoms with Crippen LogP contribution >= 0.6 is 0 Å².